The lowest BCUT2D eigenvalue weighted by molar-refractivity contribution is 1.32. The summed E-state index contributed by atoms with van der Waals surface area (Å²) in [6.07, 6.45) is 3.54. The zero-order valence-corrected chi connectivity index (χ0v) is 5.60. The molecule has 1 aromatic heterocycles. The maximum atomic E-state index is 3.80. The number of nitrogens with one attached hydrogen (secondary N) is 1. The molecule has 0 amide bonds. The summed E-state index contributed by atoms with van der Waals surface area (Å²) in [4.78, 5) is 6.75. The van der Waals surface area contributed by atoms with Crippen LogP contribution in [-0.4, -0.2) is 20.2 Å². The van der Waals surface area contributed by atoms with E-state index in [0.717, 1.165) is 10.2 Å². The molecule has 0 spiro atoms. The minimum Gasteiger partial charge on any atom is -0.353 e. The normalized spacial score (nSPS) is 9.33. The Morgan fingerprint density at radius 1 is 1.83 bits per heavy atom. The SMILES string of the molecule is [SiH3]c1cnc[nH]1. The maximum absolute atomic E-state index is 3.80. The summed E-state index contributed by atoms with van der Waals surface area (Å²) in [5.74, 6) is 0. The summed E-state index contributed by atoms with van der Waals surface area (Å²) >= 11 is 0. The number of aromatic nitrogens is 2. The Bertz CT molecular complexity index is 112. The Kier molecular flexibility index (Phi) is 0.758. The van der Waals surface area contributed by atoms with E-state index in [2.05, 4.69) is 9.97 Å². The molecule has 0 aliphatic heterocycles. The number of hydrogen-bond acceptors (Lipinski definition) is 1. The zero-order valence-electron chi connectivity index (χ0n) is 3.60. The average molecular weight is 98.2 g/mol. The van der Waals surface area contributed by atoms with Gasteiger partial charge < -0.3 is 4.98 Å². The van der Waals surface area contributed by atoms with Crippen LogP contribution in [0, 0.1) is 0 Å². The van der Waals surface area contributed by atoms with Crippen molar-refractivity contribution >= 4 is 15.6 Å². The van der Waals surface area contributed by atoms with E-state index in [1.54, 1.807) is 6.33 Å². The van der Waals surface area contributed by atoms with Crippen LogP contribution in [0.15, 0.2) is 12.5 Å². The average Bonchev–Trinajstić information content (AvgIpc) is 1.86. The van der Waals surface area contributed by atoms with E-state index in [-0.39, 0.29) is 0 Å². The summed E-state index contributed by atoms with van der Waals surface area (Å²) in [7, 11) is 1.08. The molecule has 0 aliphatic carbocycles. The van der Waals surface area contributed by atoms with Crippen LogP contribution in [0.3, 0.4) is 0 Å². The minimum atomic E-state index is 1.08. The lowest BCUT2D eigenvalue weighted by Gasteiger charge is -1.67. The monoisotopic (exact) mass is 98.0 g/mol. The molecule has 0 unspecified atom stereocenters. The molecule has 6 heavy (non-hydrogen) atoms. The number of nitrogens with zero attached hydrogens (tertiary/aromatic N) is 1. The van der Waals surface area contributed by atoms with Gasteiger partial charge in [-0.15, -0.1) is 0 Å². The second-order valence-electron chi connectivity index (χ2n) is 1.23. The second-order valence-corrected chi connectivity index (χ2v) is 2.31. The van der Waals surface area contributed by atoms with Crippen molar-refractivity contribution < 1.29 is 0 Å². The number of H-pyrrole nitrogens is 1. The van der Waals surface area contributed by atoms with Gasteiger partial charge in [-0.25, -0.2) is 4.98 Å². The number of aromatic amines is 1. The third kappa shape index (κ3) is 0.489. The largest absolute Gasteiger partial charge is 0.353 e. The van der Waals surface area contributed by atoms with Crippen molar-refractivity contribution in [1.82, 2.24) is 9.97 Å². The van der Waals surface area contributed by atoms with Gasteiger partial charge in [0, 0.05) is 11.5 Å². The molecule has 1 N–H and O–H groups in total. The quantitative estimate of drug-likeness (QED) is 0.389. The molecule has 0 aliphatic rings. The summed E-state index contributed by atoms with van der Waals surface area (Å²) < 4.78 is 0. The molecule has 0 fully saturated rings. The van der Waals surface area contributed by atoms with Crippen molar-refractivity contribution in [2.75, 3.05) is 0 Å². The van der Waals surface area contributed by atoms with Crippen molar-refractivity contribution in [3.05, 3.63) is 12.5 Å². The third-order valence-corrected chi connectivity index (χ3v) is 1.18. The van der Waals surface area contributed by atoms with Crippen LogP contribution in [0.1, 0.15) is 0 Å². The molecule has 0 atom stereocenters. The molecule has 0 saturated heterocycles. The molecule has 32 valence electrons. The van der Waals surface area contributed by atoms with Gasteiger partial charge in [0.05, 0.1) is 16.6 Å². The van der Waals surface area contributed by atoms with Crippen LogP contribution in [0.25, 0.3) is 0 Å². The first-order valence-corrected chi connectivity index (χ1v) is 2.84. The summed E-state index contributed by atoms with van der Waals surface area (Å²) in [5, 5.41) is 1.25. The summed E-state index contributed by atoms with van der Waals surface area (Å²) in [6.45, 7) is 0. The van der Waals surface area contributed by atoms with Gasteiger partial charge >= 0.3 is 0 Å². The highest BCUT2D eigenvalue weighted by Gasteiger charge is 1.73. The van der Waals surface area contributed by atoms with Crippen LogP contribution < -0.4 is 5.32 Å². The Morgan fingerprint density at radius 2 is 2.67 bits per heavy atom. The van der Waals surface area contributed by atoms with E-state index in [4.69, 9.17) is 0 Å². The number of imidazole rings is 1. The highest BCUT2D eigenvalue weighted by atomic mass is 28.1. The molecule has 1 aromatic rings. The molecule has 1 rings (SSSR count). The summed E-state index contributed by atoms with van der Waals surface area (Å²) in [6, 6.07) is 0. The molecule has 0 aromatic carbocycles. The molecule has 0 radical (unpaired) electrons. The first-order chi connectivity index (χ1) is 2.89. The van der Waals surface area contributed by atoms with E-state index in [0.29, 0.717) is 0 Å². The lowest BCUT2D eigenvalue weighted by atomic mass is 10.9. The van der Waals surface area contributed by atoms with E-state index in [1.807, 2.05) is 6.20 Å². The molecular formula is C3H6N2Si. The van der Waals surface area contributed by atoms with Crippen LogP contribution in [-0.2, 0) is 0 Å². The zero-order chi connectivity index (χ0) is 4.41. The highest BCUT2D eigenvalue weighted by molar-refractivity contribution is 6.30. The number of rotatable bonds is 0. The van der Waals surface area contributed by atoms with Crippen LogP contribution in [0.5, 0.6) is 0 Å². The van der Waals surface area contributed by atoms with Gasteiger partial charge in [0.25, 0.3) is 0 Å². The predicted molar refractivity (Wildman–Crippen MR) is 28.2 cm³/mol. The molecule has 3 heteroatoms. The Balaban J connectivity index is 3.05. The van der Waals surface area contributed by atoms with Crippen molar-refractivity contribution in [3.8, 4) is 0 Å². The van der Waals surface area contributed by atoms with Crippen LogP contribution in [0.2, 0.25) is 0 Å². The summed E-state index contributed by atoms with van der Waals surface area (Å²) in [5.41, 5.74) is 0. The first-order valence-electron chi connectivity index (χ1n) is 1.84. The Morgan fingerprint density at radius 3 is 2.83 bits per heavy atom. The van der Waals surface area contributed by atoms with Gasteiger partial charge in [0.1, 0.15) is 0 Å². The van der Waals surface area contributed by atoms with E-state index < -0.39 is 0 Å². The highest BCUT2D eigenvalue weighted by Crippen LogP contribution is 1.58. The van der Waals surface area contributed by atoms with E-state index >= 15 is 0 Å². The molecule has 0 saturated carbocycles. The fraction of sp³-hybridized carbons (Fsp3) is 0. The second kappa shape index (κ2) is 1.26. The topological polar surface area (TPSA) is 28.7 Å². The fourth-order valence-corrected chi connectivity index (χ4v) is 0.604. The van der Waals surface area contributed by atoms with E-state index in [1.165, 1.54) is 5.32 Å². The van der Waals surface area contributed by atoms with Crippen molar-refractivity contribution in [3.63, 3.8) is 0 Å². The van der Waals surface area contributed by atoms with Gasteiger partial charge in [0.15, 0.2) is 0 Å². The van der Waals surface area contributed by atoms with Crippen molar-refractivity contribution in [1.29, 1.82) is 0 Å². The fourth-order valence-electron chi connectivity index (χ4n) is 0.325. The van der Waals surface area contributed by atoms with Gasteiger partial charge in [-0.05, 0) is 0 Å². The van der Waals surface area contributed by atoms with Crippen molar-refractivity contribution in [2.45, 2.75) is 0 Å². The van der Waals surface area contributed by atoms with Gasteiger partial charge in [-0.1, -0.05) is 0 Å². The molecular weight excluding hydrogens is 92.1 g/mol. The molecule has 2 nitrogen and oxygen atoms in total. The minimum absolute atomic E-state index is 1.08. The maximum Gasteiger partial charge on any atom is 0.0918 e. The Hall–Kier alpha value is -0.573. The Labute approximate surface area is 39.0 Å². The smallest absolute Gasteiger partial charge is 0.0918 e. The third-order valence-electron chi connectivity index (χ3n) is 0.635. The number of hydrogen-bond donors (Lipinski definition) is 1. The van der Waals surface area contributed by atoms with Gasteiger partial charge in [-0.2, -0.15) is 0 Å². The standard InChI is InChI=1S/C3H6N2Si/c6-3-1-4-2-5-3/h1-2H,6H3,(H,4,5). The first kappa shape index (κ1) is 3.61. The van der Waals surface area contributed by atoms with Crippen molar-refractivity contribution in [2.24, 2.45) is 0 Å². The van der Waals surface area contributed by atoms with Gasteiger partial charge in [0.2, 0.25) is 0 Å². The van der Waals surface area contributed by atoms with Crippen LogP contribution >= 0.6 is 0 Å². The van der Waals surface area contributed by atoms with Gasteiger partial charge in [-0.3, -0.25) is 0 Å². The van der Waals surface area contributed by atoms with E-state index in [9.17, 15) is 0 Å². The lowest BCUT2D eigenvalue weighted by Crippen LogP contribution is -1.99. The molecule has 0 bridgehead atoms. The van der Waals surface area contributed by atoms with Crippen LogP contribution in [0.4, 0.5) is 0 Å². The molecule has 1 heterocycles. The predicted octanol–water partition coefficient (Wildman–Crippen LogP) is -1.60.